The monoisotopic (exact) mass is 467 g/mol. The van der Waals surface area contributed by atoms with Gasteiger partial charge in [-0.2, -0.15) is 0 Å². The largest absolute Gasteiger partial charge is 0.317 e. The molecule has 1 fully saturated rings. The minimum Gasteiger partial charge on any atom is -0.317 e. The fraction of sp³-hybridized carbons (Fsp3) is 0.0455. The van der Waals surface area contributed by atoms with Crippen LogP contribution in [-0.4, -0.2) is 37.9 Å². The van der Waals surface area contributed by atoms with Crippen LogP contribution in [0.3, 0.4) is 0 Å². The van der Waals surface area contributed by atoms with Crippen molar-refractivity contribution in [2.75, 3.05) is 6.54 Å². The van der Waals surface area contributed by atoms with Gasteiger partial charge in [0.15, 0.2) is 5.78 Å². The lowest BCUT2D eigenvalue weighted by atomic mass is 10.1. The molecule has 0 N–H and O–H groups in total. The van der Waals surface area contributed by atoms with Gasteiger partial charge in [-0.25, -0.2) is 0 Å². The smallest absolute Gasteiger partial charge is 0.293 e. The maximum Gasteiger partial charge on any atom is 0.293 e. The lowest BCUT2D eigenvalue weighted by Gasteiger charge is -2.11. The normalized spacial score (nSPS) is 14.9. The third-order valence-electron chi connectivity index (χ3n) is 4.72. The third-order valence-corrected chi connectivity index (χ3v) is 5.88. The molecule has 2 aromatic carbocycles. The summed E-state index contributed by atoms with van der Waals surface area (Å²) in [5.74, 6) is -0.959. The van der Waals surface area contributed by atoms with E-state index in [0.29, 0.717) is 22.0 Å². The standard InChI is InChI=1S/C22H14ClN3O5S/c23-15-8-6-14(7-9-15)19(27)13-25-21(28)20(32-22(25)29)12-17-5-2-10-24(17)16-3-1-4-18(11-16)26(30)31/h1-12H,13H2/b20-12-. The van der Waals surface area contributed by atoms with E-state index < -0.39 is 16.1 Å². The van der Waals surface area contributed by atoms with Crippen molar-refractivity contribution >= 4 is 52.1 Å². The lowest BCUT2D eigenvalue weighted by Crippen LogP contribution is -2.33. The topological polar surface area (TPSA) is 103 Å². The second-order valence-corrected chi connectivity index (χ2v) is 8.21. The number of nitrogens with zero attached hydrogens (tertiary/aromatic N) is 3. The number of ketones is 1. The van der Waals surface area contributed by atoms with Crippen LogP contribution < -0.4 is 0 Å². The molecule has 32 heavy (non-hydrogen) atoms. The van der Waals surface area contributed by atoms with Gasteiger partial charge in [-0.1, -0.05) is 17.7 Å². The summed E-state index contributed by atoms with van der Waals surface area (Å²) < 4.78 is 1.67. The van der Waals surface area contributed by atoms with Crippen LogP contribution in [0.2, 0.25) is 5.02 Å². The number of amides is 2. The van der Waals surface area contributed by atoms with Crippen molar-refractivity contribution in [3.05, 3.63) is 98.2 Å². The zero-order valence-electron chi connectivity index (χ0n) is 16.3. The Hall–Kier alpha value is -3.69. The number of hydrogen-bond acceptors (Lipinski definition) is 6. The molecule has 1 aliphatic rings. The van der Waals surface area contributed by atoms with Crippen molar-refractivity contribution in [1.29, 1.82) is 0 Å². The van der Waals surface area contributed by atoms with Crippen LogP contribution >= 0.6 is 23.4 Å². The van der Waals surface area contributed by atoms with E-state index in [1.54, 1.807) is 47.2 Å². The van der Waals surface area contributed by atoms with E-state index in [2.05, 4.69) is 0 Å². The van der Waals surface area contributed by atoms with E-state index in [0.717, 1.165) is 16.7 Å². The van der Waals surface area contributed by atoms with Crippen LogP contribution in [0.1, 0.15) is 16.1 Å². The first-order valence-electron chi connectivity index (χ1n) is 9.30. The Morgan fingerprint density at radius 2 is 1.84 bits per heavy atom. The first-order chi connectivity index (χ1) is 15.3. The number of halogens is 1. The molecule has 0 aliphatic carbocycles. The van der Waals surface area contributed by atoms with Crippen molar-refractivity contribution < 1.29 is 19.3 Å². The predicted octanol–water partition coefficient (Wildman–Crippen LogP) is 4.96. The Labute approximate surface area is 191 Å². The molecule has 0 radical (unpaired) electrons. The summed E-state index contributed by atoms with van der Waals surface area (Å²) >= 11 is 6.56. The van der Waals surface area contributed by atoms with Gasteiger partial charge in [0.05, 0.1) is 22.1 Å². The van der Waals surface area contributed by atoms with E-state index in [9.17, 15) is 24.5 Å². The molecule has 0 bridgehead atoms. The molecular weight excluding hydrogens is 454 g/mol. The molecule has 10 heteroatoms. The average Bonchev–Trinajstić information content (AvgIpc) is 3.34. The number of aromatic nitrogens is 1. The first-order valence-corrected chi connectivity index (χ1v) is 10.5. The molecule has 4 rings (SSSR count). The molecule has 2 heterocycles. The van der Waals surface area contributed by atoms with E-state index in [1.165, 1.54) is 30.3 Å². The van der Waals surface area contributed by atoms with Gasteiger partial charge in [0.2, 0.25) is 0 Å². The summed E-state index contributed by atoms with van der Waals surface area (Å²) in [5, 5.41) is 11.0. The Morgan fingerprint density at radius 3 is 2.56 bits per heavy atom. The highest BCUT2D eigenvalue weighted by molar-refractivity contribution is 8.18. The van der Waals surface area contributed by atoms with Crippen molar-refractivity contribution in [1.82, 2.24) is 9.47 Å². The summed E-state index contributed by atoms with van der Waals surface area (Å²) in [6.45, 7) is -0.379. The van der Waals surface area contributed by atoms with Gasteiger partial charge in [0, 0.05) is 34.6 Å². The minimum atomic E-state index is -0.575. The average molecular weight is 468 g/mol. The number of nitro benzene ring substituents is 1. The van der Waals surface area contributed by atoms with Crippen LogP contribution in [0.15, 0.2) is 71.8 Å². The third kappa shape index (κ3) is 4.34. The first kappa shape index (κ1) is 21.5. The number of hydrogen-bond donors (Lipinski definition) is 0. The molecular formula is C22H14ClN3O5S. The van der Waals surface area contributed by atoms with Crippen LogP contribution in [-0.2, 0) is 4.79 Å². The highest BCUT2D eigenvalue weighted by atomic mass is 35.5. The summed E-state index contributed by atoms with van der Waals surface area (Å²) in [6.07, 6.45) is 3.22. The molecule has 160 valence electrons. The molecule has 1 aromatic heterocycles. The highest BCUT2D eigenvalue weighted by Crippen LogP contribution is 2.33. The fourth-order valence-electron chi connectivity index (χ4n) is 3.14. The Bertz CT molecular complexity index is 1280. The van der Waals surface area contributed by atoms with Gasteiger partial charge >= 0.3 is 0 Å². The number of rotatable bonds is 6. The number of benzene rings is 2. The van der Waals surface area contributed by atoms with Crippen molar-refractivity contribution in [3.63, 3.8) is 0 Å². The van der Waals surface area contributed by atoms with Crippen molar-refractivity contribution in [3.8, 4) is 5.69 Å². The summed E-state index contributed by atoms with van der Waals surface area (Å²) in [5.41, 5.74) is 1.37. The van der Waals surface area contributed by atoms with Gasteiger partial charge in [-0.05, 0) is 60.3 Å². The molecule has 0 unspecified atom stereocenters. The van der Waals surface area contributed by atoms with Crippen molar-refractivity contribution in [2.24, 2.45) is 0 Å². The highest BCUT2D eigenvalue weighted by Gasteiger charge is 2.36. The Kier molecular flexibility index (Phi) is 5.93. The van der Waals surface area contributed by atoms with Gasteiger partial charge < -0.3 is 4.57 Å². The number of nitro groups is 1. The number of imide groups is 1. The summed E-state index contributed by atoms with van der Waals surface area (Å²) in [7, 11) is 0. The Balaban J connectivity index is 1.57. The number of carbonyl (C=O) groups is 3. The number of Topliss-reactive ketones (excluding diaryl/α,β-unsaturated/α-hetero) is 1. The fourth-order valence-corrected chi connectivity index (χ4v) is 4.09. The zero-order chi connectivity index (χ0) is 22.8. The molecule has 0 spiro atoms. The van der Waals surface area contributed by atoms with Crippen LogP contribution in [0.25, 0.3) is 11.8 Å². The van der Waals surface area contributed by atoms with Gasteiger partial charge in [-0.3, -0.25) is 29.4 Å². The number of non-ortho nitro benzene ring substituents is 1. The summed E-state index contributed by atoms with van der Waals surface area (Å²) in [6, 6.07) is 15.7. The van der Waals surface area contributed by atoms with Crippen LogP contribution in [0.4, 0.5) is 10.5 Å². The molecule has 1 saturated heterocycles. The second kappa shape index (κ2) is 8.81. The maximum atomic E-state index is 12.8. The quantitative estimate of drug-likeness (QED) is 0.220. The van der Waals surface area contributed by atoms with E-state index in [-0.39, 0.29) is 22.9 Å². The second-order valence-electron chi connectivity index (χ2n) is 6.78. The molecule has 8 nitrogen and oxygen atoms in total. The molecule has 0 saturated carbocycles. The number of thioether (sulfide) groups is 1. The van der Waals surface area contributed by atoms with Crippen LogP contribution in [0.5, 0.6) is 0 Å². The lowest BCUT2D eigenvalue weighted by molar-refractivity contribution is -0.384. The minimum absolute atomic E-state index is 0.0665. The molecule has 2 amide bonds. The van der Waals surface area contributed by atoms with Crippen molar-refractivity contribution in [2.45, 2.75) is 0 Å². The predicted molar refractivity (Wildman–Crippen MR) is 121 cm³/mol. The Morgan fingerprint density at radius 1 is 1.09 bits per heavy atom. The van der Waals surface area contributed by atoms with E-state index >= 15 is 0 Å². The van der Waals surface area contributed by atoms with E-state index in [1.807, 2.05) is 0 Å². The van der Waals surface area contributed by atoms with Crippen LogP contribution in [0, 0.1) is 10.1 Å². The summed E-state index contributed by atoms with van der Waals surface area (Å²) in [4.78, 5) is 49.3. The number of carbonyl (C=O) groups excluding carboxylic acids is 3. The molecule has 3 aromatic rings. The molecule has 0 atom stereocenters. The van der Waals surface area contributed by atoms with Gasteiger partial charge in [0.25, 0.3) is 16.8 Å². The SMILES string of the molecule is O=C(CN1C(=O)S/C(=C\c2cccn2-c2cccc([N+](=O)[O-])c2)C1=O)c1ccc(Cl)cc1. The van der Waals surface area contributed by atoms with Gasteiger partial charge in [0.1, 0.15) is 0 Å². The maximum absolute atomic E-state index is 12.8. The molecule has 1 aliphatic heterocycles. The van der Waals surface area contributed by atoms with E-state index in [4.69, 9.17) is 11.6 Å². The van der Waals surface area contributed by atoms with Gasteiger partial charge in [-0.15, -0.1) is 0 Å². The zero-order valence-corrected chi connectivity index (χ0v) is 17.9.